The van der Waals surface area contributed by atoms with Crippen LogP contribution < -0.4 is 4.90 Å². The first-order valence-electron chi connectivity index (χ1n) is 12.0. The molecule has 0 fully saturated rings. The number of amides is 1. The third kappa shape index (κ3) is 6.27. The van der Waals surface area contributed by atoms with E-state index in [4.69, 9.17) is 27.1 Å². The lowest BCUT2D eigenvalue weighted by molar-refractivity contribution is 0.0985. The fraction of sp³-hybridized carbons (Fsp3) is 0.214. The highest BCUT2D eigenvalue weighted by molar-refractivity contribution is 7.89. The number of carbonyl (C=O) groups is 1. The molecule has 1 amide bonds. The lowest BCUT2D eigenvalue weighted by Crippen LogP contribution is -2.33. The van der Waals surface area contributed by atoms with Crippen LogP contribution in [0.15, 0.2) is 71.6 Å². The number of fused-ring (bicyclic) bond motifs is 1. The first-order valence-corrected chi connectivity index (χ1v) is 14.6. The van der Waals surface area contributed by atoms with E-state index in [1.807, 2.05) is 55.5 Å². The largest absolute Gasteiger partial charge is 0.279 e. The molecule has 0 saturated carbocycles. The van der Waals surface area contributed by atoms with Gasteiger partial charge in [-0.3, -0.25) is 9.69 Å². The Morgan fingerprint density at radius 2 is 1.62 bits per heavy atom. The molecule has 3 aromatic carbocycles. The van der Waals surface area contributed by atoms with E-state index in [1.165, 1.54) is 35.6 Å². The summed E-state index contributed by atoms with van der Waals surface area (Å²) in [6, 6.07) is 22.7. The number of carbonyl (C=O) groups excluding carboxylic acids is 1. The average Bonchev–Trinajstić information content (AvgIpc) is 3.41. The number of sulfonamides is 1. The number of nitrogens with zero attached hydrogens (tertiary/aromatic N) is 5. The van der Waals surface area contributed by atoms with E-state index >= 15 is 0 Å². The number of aromatic nitrogens is 1. The molecular formula is C28H24ClN5O3S2. The first kappa shape index (κ1) is 28.2. The van der Waals surface area contributed by atoms with Gasteiger partial charge in [-0.05, 0) is 48.4 Å². The summed E-state index contributed by atoms with van der Waals surface area (Å²) in [7, 11) is -3.95. The molecule has 0 aliphatic heterocycles. The second-order valence-corrected chi connectivity index (χ2v) is 12.0. The van der Waals surface area contributed by atoms with Gasteiger partial charge in [0.15, 0.2) is 5.13 Å². The Hall–Kier alpha value is -3.80. The molecule has 0 N–H and O–H groups in total. The zero-order valence-electron chi connectivity index (χ0n) is 21.0. The van der Waals surface area contributed by atoms with Crippen LogP contribution in [0.5, 0.6) is 0 Å². The second kappa shape index (κ2) is 12.4. The molecule has 198 valence electrons. The van der Waals surface area contributed by atoms with E-state index in [2.05, 4.69) is 0 Å². The van der Waals surface area contributed by atoms with E-state index in [9.17, 15) is 13.2 Å². The summed E-state index contributed by atoms with van der Waals surface area (Å²) >= 11 is 7.75. The van der Waals surface area contributed by atoms with Gasteiger partial charge in [0.05, 0.1) is 38.8 Å². The maximum atomic E-state index is 13.8. The van der Waals surface area contributed by atoms with Gasteiger partial charge in [0.1, 0.15) is 0 Å². The van der Waals surface area contributed by atoms with Crippen LogP contribution in [0, 0.1) is 29.6 Å². The van der Waals surface area contributed by atoms with Gasteiger partial charge in [0.25, 0.3) is 5.91 Å². The van der Waals surface area contributed by atoms with Crippen LogP contribution in [-0.4, -0.2) is 36.7 Å². The van der Waals surface area contributed by atoms with Crippen molar-refractivity contribution < 1.29 is 13.2 Å². The van der Waals surface area contributed by atoms with Crippen molar-refractivity contribution in [1.29, 1.82) is 10.5 Å². The fourth-order valence-corrected chi connectivity index (χ4v) is 6.73. The van der Waals surface area contributed by atoms with Crippen LogP contribution in [-0.2, 0) is 16.6 Å². The fourth-order valence-electron chi connectivity index (χ4n) is 3.97. The molecule has 0 radical (unpaired) electrons. The predicted molar refractivity (Wildman–Crippen MR) is 152 cm³/mol. The number of hydrogen-bond donors (Lipinski definition) is 0. The monoisotopic (exact) mass is 577 g/mol. The Morgan fingerprint density at radius 1 is 0.974 bits per heavy atom. The van der Waals surface area contributed by atoms with Crippen molar-refractivity contribution in [2.75, 3.05) is 18.0 Å². The molecule has 0 aliphatic rings. The third-order valence-electron chi connectivity index (χ3n) is 6.03. The third-order valence-corrected chi connectivity index (χ3v) is 9.48. The maximum Gasteiger partial charge on any atom is 0.260 e. The molecule has 0 spiro atoms. The molecule has 0 atom stereocenters. The van der Waals surface area contributed by atoms with E-state index in [1.54, 1.807) is 11.0 Å². The molecule has 1 aromatic heterocycles. The van der Waals surface area contributed by atoms with Crippen LogP contribution in [0.2, 0.25) is 5.02 Å². The highest BCUT2D eigenvalue weighted by atomic mass is 35.5. The van der Waals surface area contributed by atoms with Crippen molar-refractivity contribution in [2.24, 2.45) is 0 Å². The average molecular weight is 578 g/mol. The van der Waals surface area contributed by atoms with E-state index in [0.717, 1.165) is 25.6 Å². The number of aryl methyl sites for hydroxylation is 1. The van der Waals surface area contributed by atoms with Gasteiger partial charge in [-0.15, -0.1) is 0 Å². The molecule has 11 heteroatoms. The van der Waals surface area contributed by atoms with Gasteiger partial charge in [-0.2, -0.15) is 14.8 Å². The number of hydrogen-bond acceptors (Lipinski definition) is 7. The molecule has 39 heavy (non-hydrogen) atoms. The smallest absolute Gasteiger partial charge is 0.260 e. The number of thiazole rings is 1. The van der Waals surface area contributed by atoms with Crippen LogP contribution in [0.3, 0.4) is 0 Å². The van der Waals surface area contributed by atoms with Gasteiger partial charge < -0.3 is 0 Å². The van der Waals surface area contributed by atoms with Gasteiger partial charge in [0, 0.05) is 31.5 Å². The van der Waals surface area contributed by atoms with E-state index in [0.29, 0.717) is 10.2 Å². The Bertz CT molecular complexity index is 1620. The summed E-state index contributed by atoms with van der Waals surface area (Å²) in [6.45, 7) is 2.14. The van der Waals surface area contributed by atoms with E-state index in [-0.39, 0.29) is 48.8 Å². The van der Waals surface area contributed by atoms with Crippen molar-refractivity contribution in [3.05, 3.63) is 88.4 Å². The molecule has 4 aromatic rings. The van der Waals surface area contributed by atoms with Crippen molar-refractivity contribution in [1.82, 2.24) is 9.29 Å². The normalized spacial score (nSPS) is 11.3. The number of benzene rings is 3. The number of rotatable bonds is 10. The molecule has 1 heterocycles. The summed E-state index contributed by atoms with van der Waals surface area (Å²) in [5.74, 6) is -0.346. The maximum absolute atomic E-state index is 13.8. The second-order valence-electron chi connectivity index (χ2n) is 8.66. The zero-order chi connectivity index (χ0) is 28.0. The van der Waals surface area contributed by atoms with Gasteiger partial charge in [-0.1, -0.05) is 59.3 Å². The van der Waals surface area contributed by atoms with Crippen molar-refractivity contribution in [3.63, 3.8) is 0 Å². The number of halogens is 1. The first-order chi connectivity index (χ1) is 18.8. The molecule has 4 rings (SSSR count). The predicted octanol–water partition coefficient (Wildman–Crippen LogP) is 5.92. The van der Waals surface area contributed by atoms with Gasteiger partial charge in [0.2, 0.25) is 10.0 Å². The molecule has 8 nitrogen and oxygen atoms in total. The lowest BCUT2D eigenvalue weighted by Gasteiger charge is -2.21. The minimum Gasteiger partial charge on any atom is -0.279 e. The topological polar surface area (TPSA) is 118 Å². The summed E-state index contributed by atoms with van der Waals surface area (Å²) in [5, 5.41) is 18.9. The molecule has 0 unspecified atom stereocenters. The molecule has 0 saturated heterocycles. The van der Waals surface area contributed by atoms with Crippen LogP contribution >= 0.6 is 22.9 Å². The van der Waals surface area contributed by atoms with Crippen LogP contribution in [0.1, 0.15) is 34.3 Å². The Morgan fingerprint density at radius 3 is 2.21 bits per heavy atom. The highest BCUT2D eigenvalue weighted by Gasteiger charge is 2.26. The van der Waals surface area contributed by atoms with E-state index < -0.39 is 10.0 Å². The van der Waals surface area contributed by atoms with Crippen LogP contribution in [0.4, 0.5) is 5.13 Å². The summed E-state index contributed by atoms with van der Waals surface area (Å²) < 4.78 is 28.3. The molecular weight excluding hydrogens is 554 g/mol. The Balaban J connectivity index is 1.69. The quantitative estimate of drug-likeness (QED) is 0.231. The number of anilines is 1. The zero-order valence-corrected chi connectivity index (χ0v) is 23.4. The lowest BCUT2D eigenvalue weighted by atomic mass is 10.1. The molecule has 0 aliphatic carbocycles. The summed E-state index contributed by atoms with van der Waals surface area (Å²) in [5.41, 5.74) is 2.85. The van der Waals surface area contributed by atoms with Crippen molar-refractivity contribution in [2.45, 2.75) is 31.2 Å². The van der Waals surface area contributed by atoms with Gasteiger partial charge in [-0.25, -0.2) is 13.4 Å². The Labute approximate surface area is 236 Å². The minimum absolute atomic E-state index is 0.00132. The highest BCUT2D eigenvalue weighted by Crippen LogP contribution is 2.36. The summed E-state index contributed by atoms with van der Waals surface area (Å²) in [6.07, 6.45) is 0.00264. The SMILES string of the molecule is Cc1ccc(Cl)c2sc(N(Cc3ccccc3)C(=O)c3ccc(S(=O)(=O)N(CCC#N)CCC#N)cc3)nc12. The minimum atomic E-state index is -3.95. The van der Waals surface area contributed by atoms with Crippen LogP contribution in [0.25, 0.3) is 10.2 Å². The van der Waals surface area contributed by atoms with Crippen molar-refractivity contribution >= 4 is 54.2 Å². The van der Waals surface area contributed by atoms with Crippen molar-refractivity contribution in [3.8, 4) is 12.1 Å². The number of nitriles is 2. The molecule has 0 bridgehead atoms. The summed E-state index contributed by atoms with van der Waals surface area (Å²) in [4.78, 5) is 20.1. The Kier molecular flexibility index (Phi) is 8.95. The van der Waals surface area contributed by atoms with Gasteiger partial charge >= 0.3 is 0 Å². The standard InChI is InChI=1S/C28H24ClN5O3S2/c1-20-9-14-24(29)26-25(20)32-28(38-26)34(19-21-7-3-2-4-8-21)27(35)22-10-12-23(13-11-22)39(36,37)33(17-5-15-30)18-6-16-31/h2-4,7-14H,5-6,17-19H2,1H3.